The molecule has 6 heteroatoms. The number of fused-ring (bicyclic) bond motifs is 2. The summed E-state index contributed by atoms with van der Waals surface area (Å²) in [6, 6.07) is 60.1. The summed E-state index contributed by atoms with van der Waals surface area (Å²) < 4.78 is 20.5. The summed E-state index contributed by atoms with van der Waals surface area (Å²) in [5, 5.41) is 0. The summed E-state index contributed by atoms with van der Waals surface area (Å²) in [5.41, 5.74) is 13.5. The van der Waals surface area contributed by atoms with Crippen molar-refractivity contribution in [3.63, 3.8) is 0 Å². The predicted molar refractivity (Wildman–Crippen MR) is 217 cm³/mol. The Hall–Kier alpha value is -6.92. The summed E-state index contributed by atoms with van der Waals surface area (Å²) in [4.78, 5) is 0. The third kappa shape index (κ3) is 5.60. The predicted octanol–water partition coefficient (Wildman–Crippen LogP) is 9.91. The van der Waals surface area contributed by atoms with Gasteiger partial charge in [0.25, 0.3) is 11.6 Å². The fourth-order valence-electron chi connectivity index (χ4n) is 7.72. The first kappa shape index (κ1) is 33.0. The Morgan fingerprint density at radius 3 is 1.06 bits per heavy atom. The SMILES string of the molecule is COc1ccc(-n2c(-c3ccc(-c4ccccc4)cc3)[n+](C)c3cc4c(cc32)n(-c2ccc(OC)cc2)c(-c2ccc(-c3ccccc3)cc2)[n+]4C)cc1. The Bertz CT molecular complexity index is 2560. The molecular formula is C48H40N4O2+2. The van der Waals surface area contributed by atoms with E-state index in [-0.39, 0.29) is 0 Å². The Morgan fingerprint density at radius 1 is 0.370 bits per heavy atom. The van der Waals surface area contributed by atoms with E-state index in [9.17, 15) is 0 Å². The Balaban J connectivity index is 1.30. The molecule has 0 N–H and O–H groups in total. The third-order valence-corrected chi connectivity index (χ3v) is 10.5. The van der Waals surface area contributed by atoms with Gasteiger partial charge in [-0.1, -0.05) is 84.9 Å². The van der Waals surface area contributed by atoms with Crippen LogP contribution in [0.25, 0.3) is 78.5 Å². The summed E-state index contributed by atoms with van der Waals surface area (Å²) in [5.74, 6) is 3.80. The lowest BCUT2D eigenvalue weighted by molar-refractivity contribution is -0.637. The molecule has 0 fully saturated rings. The second-order valence-electron chi connectivity index (χ2n) is 13.5. The number of methoxy groups -OCH3 is 2. The van der Waals surface area contributed by atoms with E-state index >= 15 is 0 Å². The molecule has 6 nitrogen and oxygen atoms in total. The fraction of sp³-hybridized carbons (Fsp3) is 0.0833. The smallest absolute Gasteiger partial charge is 0.294 e. The first-order valence-electron chi connectivity index (χ1n) is 18.1. The second-order valence-corrected chi connectivity index (χ2v) is 13.5. The topological polar surface area (TPSA) is 36.1 Å². The zero-order valence-corrected chi connectivity index (χ0v) is 30.8. The van der Waals surface area contributed by atoms with Crippen LogP contribution in [0.3, 0.4) is 0 Å². The summed E-state index contributed by atoms with van der Waals surface area (Å²) in [6.07, 6.45) is 0. The van der Waals surface area contributed by atoms with E-state index in [0.717, 1.165) is 67.7 Å². The van der Waals surface area contributed by atoms with Crippen molar-refractivity contribution in [3.8, 4) is 67.9 Å². The molecular weight excluding hydrogens is 665 g/mol. The van der Waals surface area contributed by atoms with Crippen molar-refractivity contribution in [2.45, 2.75) is 0 Å². The monoisotopic (exact) mass is 704 g/mol. The highest BCUT2D eigenvalue weighted by Gasteiger charge is 2.32. The number of ether oxygens (including phenoxy) is 2. The molecule has 0 spiro atoms. The van der Waals surface area contributed by atoms with E-state index in [2.05, 4.69) is 178 Å². The average Bonchev–Trinajstić information content (AvgIpc) is 3.70. The van der Waals surface area contributed by atoms with Crippen LogP contribution >= 0.6 is 0 Å². The highest BCUT2D eigenvalue weighted by molar-refractivity contribution is 5.93. The molecule has 0 bridgehead atoms. The average molecular weight is 705 g/mol. The number of nitrogens with zero attached hydrogens (tertiary/aromatic N) is 4. The number of benzene rings is 7. The standard InChI is InChI=1S/C48H40N4O2/c1-49-43-31-44-46(52(40-25-29-42(54-4)30-26-40)48(50(44)2)38-21-17-36(18-22-38)34-13-9-6-10-14-34)32-45(43)51(39-23-27-41(53-3)28-24-39)47(49)37-19-15-35(16-20-37)33-11-7-5-8-12-33/h5-32H,1-4H3/q+2. The highest BCUT2D eigenvalue weighted by Crippen LogP contribution is 2.35. The highest BCUT2D eigenvalue weighted by atomic mass is 16.5. The largest absolute Gasteiger partial charge is 0.497 e. The number of aryl methyl sites for hydroxylation is 2. The van der Waals surface area contributed by atoms with Gasteiger partial charge >= 0.3 is 0 Å². The maximum Gasteiger partial charge on any atom is 0.294 e. The lowest BCUT2D eigenvalue weighted by Crippen LogP contribution is -2.32. The van der Waals surface area contributed by atoms with E-state index in [4.69, 9.17) is 9.47 Å². The van der Waals surface area contributed by atoms with Gasteiger partial charge in [-0.15, -0.1) is 0 Å². The number of rotatable bonds is 8. The molecule has 0 amide bonds. The first-order chi connectivity index (χ1) is 26.5. The maximum absolute atomic E-state index is 5.57. The molecule has 2 aromatic heterocycles. The second kappa shape index (κ2) is 13.6. The zero-order valence-electron chi connectivity index (χ0n) is 30.8. The number of imidazole rings is 2. The van der Waals surface area contributed by atoms with Gasteiger partial charge in [0, 0.05) is 12.1 Å². The molecule has 262 valence electrons. The van der Waals surface area contributed by atoms with Gasteiger partial charge in [0.15, 0.2) is 22.1 Å². The van der Waals surface area contributed by atoms with Crippen LogP contribution in [0.15, 0.2) is 170 Å². The molecule has 0 atom stereocenters. The van der Waals surface area contributed by atoms with E-state index in [0.29, 0.717) is 0 Å². The van der Waals surface area contributed by atoms with Crippen LogP contribution in [0, 0.1) is 0 Å². The van der Waals surface area contributed by atoms with Gasteiger partial charge in [-0.25, -0.2) is 9.13 Å². The van der Waals surface area contributed by atoms with Crippen molar-refractivity contribution in [2.75, 3.05) is 14.2 Å². The maximum atomic E-state index is 5.57. The van der Waals surface area contributed by atoms with E-state index in [1.807, 2.05) is 24.3 Å². The lowest BCUT2D eigenvalue weighted by atomic mass is 10.0. The molecule has 7 aromatic carbocycles. The molecule has 0 radical (unpaired) electrons. The van der Waals surface area contributed by atoms with Crippen LogP contribution in [-0.4, -0.2) is 23.4 Å². The summed E-state index contributed by atoms with van der Waals surface area (Å²) in [6.45, 7) is 0. The molecule has 0 aliphatic rings. The van der Waals surface area contributed by atoms with Gasteiger partial charge in [-0.3, -0.25) is 0 Å². The van der Waals surface area contributed by atoms with Crippen molar-refractivity contribution in [1.29, 1.82) is 0 Å². The molecule has 0 aliphatic heterocycles. The van der Waals surface area contributed by atoms with Crippen LogP contribution in [0.1, 0.15) is 0 Å². The molecule has 54 heavy (non-hydrogen) atoms. The van der Waals surface area contributed by atoms with Crippen molar-refractivity contribution < 1.29 is 18.6 Å². The minimum atomic E-state index is 0.819. The lowest BCUT2D eigenvalue weighted by Gasteiger charge is -2.07. The van der Waals surface area contributed by atoms with E-state index in [1.54, 1.807) is 14.2 Å². The van der Waals surface area contributed by atoms with Crippen LogP contribution in [0.4, 0.5) is 0 Å². The number of aromatic nitrogens is 4. The Kier molecular flexibility index (Phi) is 8.28. The third-order valence-electron chi connectivity index (χ3n) is 10.5. The van der Waals surface area contributed by atoms with Gasteiger partial charge in [-0.2, -0.15) is 9.13 Å². The van der Waals surface area contributed by atoms with Crippen molar-refractivity contribution in [2.24, 2.45) is 14.1 Å². The Morgan fingerprint density at radius 2 is 0.704 bits per heavy atom. The van der Waals surface area contributed by atoms with Gasteiger partial charge in [0.05, 0.1) is 39.4 Å². The van der Waals surface area contributed by atoms with Crippen molar-refractivity contribution >= 4 is 22.1 Å². The fourth-order valence-corrected chi connectivity index (χ4v) is 7.72. The van der Waals surface area contributed by atoms with Crippen LogP contribution in [0.2, 0.25) is 0 Å². The number of hydrogen-bond acceptors (Lipinski definition) is 2. The van der Waals surface area contributed by atoms with Gasteiger partial charge in [0.2, 0.25) is 0 Å². The van der Waals surface area contributed by atoms with Gasteiger partial charge in [0.1, 0.15) is 22.9 Å². The molecule has 0 aliphatic carbocycles. The molecule has 9 rings (SSSR count). The molecule has 9 aromatic rings. The van der Waals surface area contributed by atoms with Crippen LogP contribution < -0.4 is 18.6 Å². The number of hydrogen-bond donors (Lipinski definition) is 0. The van der Waals surface area contributed by atoms with Crippen molar-refractivity contribution in [3.05, 3.63) is 170 Å². The minimum Gasteiger partial charge on any atom is -0.497 e. The normalized spacial score (nSPS) is 11.3. The van der Waals surface area contributed by atoms with Gasteiger partial charge < -0.3 is 9.47 Å². The molecule has 0 saturated heterocycles. The first-order valence-corrected chi connectivity index (χ1v) is 18.1. The molecule has 2 heterocycles. The van der Waals surface area contributed by atoms with E-state index in [1.165, 1.54) is 22.3 Å². The quantitative estimate of drug-likeness (QED) is 0.148. The summed E-state index contributed by atoms with van der Waals surface area (Å²) in [7, 11) is 7.74. The van der Waals surface area contributed by atoms with E-state index < -0.39 is 0 Å². The van der Waals surface area contributed by atoms with Crippen LogP contribution in [-0.2, 0) is 14.1 Å². The van der Waals surface area contributed by atoms with Crippen molar-refractivity contribution in [1.82, 2.24) is 9.13 Å². The van der Waals surface area contributed by atoms with Gasteiger partial charge in [-0.05, 0) is 95.1 Å². The van der Waals surface area contributed by atoms with Crippen LogP contribution in [0.5, 0.6) is 11.5 Å². The summed E-state index contributed by atoms with van der Waals surface area (Å²) >= 11 is 0. The zero-order chi connectivity index (χ0) is 36.8. The minimum absolute atomic E-state index is 0.819. The molecule has 0 unspecified atom stereocenters. The Labute approximate surface area is 315 Å². The molecule has 0 saturated carbocycles.